The molecule has 56 valence electrons. The van der Waals surface area contributed by atoms with E-state index in [1.54, 1.807) is 0 Å². The number of rotatable bonds is 2. The van der Waals surface area contributed by atoms with Crippen molar-refractivity contribution in [2.45, 2.75) is 33.6 Å². The molecule has 0 bridgehead atoms. The molecule has 0 unspecified atom stereocenters. The molecule has 1 aromatic rings. The van der Waals surface area contributed by atoms with Gasteiger partial charge in [0.1, 0.15) is 11.5 Å². The van der Waals surface area contributed by atoms with Gasteiger partial charge in [0, 0.05) is 6.42 Å². The number of furan rings is 1. The molecule has 0 amide bonds. The molecule has 0 atom stereocenters. The minimum absolute atomic E-state index is 1.00. The fourth-order valence-corrected chi connectivity index (χ4v) is 1.11. The lowest BCUT2D eigenvalue weighted by atomic mass is 10.2. The van der Waals surface area contributed by atoms with Gasteiger partial charge in [0.2, 0.25) is 0 Å². The van der Waals surface area contributed by atoms with Crippen molar-refractivity contribution in [3.8, 4) is 0 Å². The standard InChI is InChI=1S/C9H14O/c1-4-8-6-9(5-2)10-7(8)3/h6H,4-5H2,1-3H3. The summed E-state index contributed by atoms with van der Waals surface area (Å²) in [5, 5.41) is 0. The average molecular weight is 138 g/mol. The van der Waals surface area contributed by atoms with Crippen molar-refractivity contribution in [3.05, 3.63) is 23.2 Å². The van der Waals surface area contributed by atoms with Crippen molar-refractivity contribution in [1.29, 1.82) is 0 Å². The van der Waals surface area contributed by atoms with Crippen LogP contribution in [0.4, 0.5) is 0 Å². The van der Waals surface area contributed by atoms with Crippen LogP contribution in [-0.2, 0) is 12.8 Å². The molecule has 10 heavy (non-hydrogen) atoms. The monoisotopic (exact) mass is 138 g/mol. The van der Waals surface area contributed by atoms with E-state index >= 15 is 0 Å². The number of hydrogen-bond acceptors (Lipinski definition) is 1. The van der Waals surface area contributed by atoms with Crippen LogP contribution in [0.2, 0.25) is 0 Å². The van der Waals surface area contributed by atoms with Gasteiger partial charge in [0.25, 0.3) is 0 Å². The van der Waals surface area contributed by atoms with E-state index in [4.69, 9.17) is 4.42 Å². The van der Waals surface area contributed by atoms with Gasteiger partial charge in [-0.15, -0.1) is 0 Å². The van der Waals surface area contributed by atoms with Gasteiger partial charge in [-0.3, -0.25) is 0 Å². The largest absolute Gasteiger partial charge is 0.466 e. The summed E-state index contributed by atoms with van der Waals surface area (Å²) in [6.45, 7) is 6.28. The van der Waals surface area contributed by atoms with Crippen molar-refractivity contribution in [2.75, 3.05) is 0 Å². The normalized spacial score (nSPS) is 10.3. The van der Waals surface area contributed by atoms with Crippen molar-refractivity contribution >= 4 is 0 Å². The lowest BCUT2D eigenvalue weighted by Crippen LogP contribution is -1.75. The molecule has 1 rings (SSSR count). The zero-order valence-corrected chi connectivity index (χ0v) is 6.90. The molecule has 0 fully saturated rings. The van der Waals surface area contributed by atoms with Gasteiger partial charge in [0.15, 0.2) is 0 Å². The molecule has 0 aliphatic heterocycles. The Hall–Kier alpha value is -0.720. The topological polar surface area (TPSA) is 13.1 Å². The summed E-state index contributed by atoms with van der Waals surface area (Å²) in [4.78, 5) is 0. The molecule has 0 saturated heterocycles. The van der Waals surface area contributed by atoms with E-state index in [1.165, 1.54) is 5.56 Å². The summed E-state index contributed by atoms with van der Waals surface area (Å²) in [5.41, 5.74) is 1.34. The first kappa shape index (κ1) is 7.39. The molecule has 0 radical (unpaired) electrons. The molecule has 0 saturated carbocycles. The maximum absolute atomic E-state index is 5.45. The van der Waals surface area contributed by atoms with E-state index in [9.17, 15) is 0 Å². The van der Waals surface area contributed by atoms with Gasteiger partial charge in [0.05, 0.1) is 0 Å². The van der Waals surface area contributed by atoms with Gasteiger partial charge in [-0.25, -0.2) is 0 Å². The Balaban J connectivity index is 2.92. The summed E-state index contributed by atoms with van der Waals surface area (Å²) in [6, 6.07) is 2.15. The van der Waals surface area contributed by atoms with Crippen molar-refractivity contribution in [1.82, 2.24) is 0 Å². The van der Waals surface area contributed by atoms with Crippen molar-refractivity contribution in [2.24, 2.45) is 0 Å². The van der Waals surface area contributed by atoms with Crippen molar-refractivity contribution in [3.63, 3.8) is 0 Å². The second-order valence-electron chi connectivity index (χ2n) is 2.50. The summed E-state index contributed by atoms with van der Waals surface area (Å²) in [7, 11) is 0. The predicted octanol–water partition coefficient (Wildman–Crippen LogP) is 2.71. The van der Waals surface area contributed by atoms with E-state index in [2.05, 4.69) is 19.9 Å². The number of aryl methyl sites for hydroxylation is 3. The maximum atomic E-state index is 5.45. The van der Waals surface area contributed by atoms with Gasteiger partial charge in [-0.2, -0.15) is 0 Å². The zero-order chi connectivity index (χ0) is 7.56. The Bertz CT molecular complexity index is 211. The minimum atomic E-state index is 1.00. The van der Waals surface area contributed by atoms with E-state index < -0.39 is 0 Å². The summed E-state index contributed by atoms with van der Waals surface area (Å²) in [6.07, 6.45) is 2.08. The number of hydrogen-bond donors (Lipinski definition) is 0. The lowest BCUT2D eigenvalue weighted by molar-refractivity contribution is 0.486. The molecule has 0 spiro atoms. The zero-order valence-electron chi connectivity index (χ0n) is 6.90. The summed E-state index contributed by atoms with van der Waals surface area (Å²) >= 11 is 0. The van der Waals surface area contributed by atoms with Crippen molar-refractivity contribution < 1.29 is 4.42 Å². The van der Waals surface area contributed by atoms with E-state index in [1.807, 2.05) is 6.92 Å². The predicted molar refractivity (Wildman–Crippen MR) is 42.2 cm³/mol. The fourth-order valence-electron chi connectivity index (χ4n) is 1.11. The van der Waals surface area contributed by atoms with Crippen LogP contribution in [0.25, 0.3) is 0 Å². The Kier molecular flexibility index (Phi) is 2.15. The SMILES string of the molecule is CCc1cc(CC)c(C)o1. The fraction of sp³-hybridized carbons (Fsp3) is 0.556. The highest BCUT2D eigenvalue weighted by molar-refractivity contribution is 5.20. The Morgan fingerprint density at radius 2 is 2.00 bits per heavy atom. The first-order valence-electron chi connectivity index (χ1n) is 3.86. The highest BCUT2D eigenvalue weighted by Gasteiger charge is 2.02. The molecule has 0 N–H and O–H groups in total. The quantitative estimate of drug-likeness (QED) is 0.612. The van der Waals surface area contributed by atoms with Crippen LogP contribution >= 0.6 is 0 Å². The molecular weight excluding hydrogens is 124 g/mol. The highest BCUT2D eigenvalue weighted by atomic mass is 16.3. The van der Waals surface area contributed by atoms with E-state index in [0.29, 0.717) is 0 Å². The molecule has 0 aliphatic carbocycles. The van der Waals surface area contributed by atoms with Crippen LogP contribution in [-0.4, -0.2) is 0 Å². The molecule has 1 heterocycles. The maximum Gasteiger partial charge on any atom is 0.104 e. The average Bonchev–Trinajstić information content (AvgIpc) is 2.30. The molecule has 1 nitrogen and oxygen atoms in total. The second kappa shape index (κ2) is 2.91. The third kappa shape index (κ3) is 1.23. The molecule has 1 heteroatoms. The van der Waals surface area contributed by atoms with E-state index in [-0.39, 0.29) is 0 Å². The van der Waals surface area contributed by atoms with Crippen LogP contribution in [0.5, 0.6) is 0 Å². The Morgan fingerprint density at radius 1 is 1.30 bits per heavy atom. The highest BCUT2D eigenvalue weighted by Crippen LogP contribution is 2.14. The molecule has 0 aromatic carbocycles. The van der Waals surface area contributed by atoms with E-state index in [0.717, 1.165) is 24.4 Å². The molecular formula is C9H14O. The van der Waals surface area contributed by atoms with Crippen LogP contribution in [0, 0.1) is 6.92 Å². The van der Waals surface area contributed by atoms with Gasteiger partial charge in [-0.1, -0.05) is 13.8 Å². The van der Waals surface area contributed by atoms with Crippen LogP contribution < -0.4 is 0 Å². The molecule has 1 aromatic heterocycles. The Morgan fingerprint density at radius 3 is 2.30 bits per heavy atom. The third-order valence-electron chi connectivity index (χ3n) is 1.80. The van der Waals surface area contributed by atoms with Crippen LogP contribution in [0.1, 0.15) is 30.9 Å². The summed E-state index contributed by atoms with van der Waals surface area (Å²) < 4.78 is 5.45. The van der Waals surface area contributed by atoms with Crippen LogP contribution in [0.3, 0.4) is 0 Å². The minimum Gasteiger partial charge on any atom is -0.466 e. The first-order chi connectivity index (χ1) is 4.77. The second-order valence-corrected chi connectivity index (χ2v) is 2.50. The lowest BCUT2D eigenvalue weighted by Gasteiger charge is -1.86. The first-order valence-corrected chi connectivity index (χ1v) is 3.86. The van der Waals surface area contributed by atoms with Gasteiger partial charge >= 0.3 is 0 Å². The van der Waals surface area contributed by atoms with Gasteiger partial charge < -0.3 is 4.42 Å². The van der Waals surface area contributed by atoms with Gasteiger partial charge in [-0.05, 0) is 25.0 Å². The molecule has 0 aliphatic rings. The Labute approximate surface area is 62.1 Å². The summed E-state index contributed by atoms with van der Waals surface area (Å²) in [5.74, 6) is 2.19. The van der Waals surface area contributed by atoms with Crippen LogP contribution in [0.15, 0.2) is 10.5 Å². The third-order valence-corrected chi connectivity index (χ3v) is 1.80. The smallest absolute Gasteiger partial charge is 0.104 e.